The fourth-order valence-corrected chi connectivity index (χ4v) is 4.32. The zero-order valence-electron chi connectivity index (χ0n) is 15.9. The molecule has 144 valence electrons. The van der Waals surface area contributed by atoms with Crippen LogP contribution in [0.5, 0.6) is 5.75 Å². The van der Waals surface area contributed by atoms with Gasteiger partial charge in [0.15, 0.2) is 0 Å². The largest absolute Gasteiger partial charge is 0.497 e. The smallest absolute Gasteiger partial charge is 0.338 e. The van der Waals surface area contributed by atoms with Gasteiger partial charge in [-0.25, -0.2) is 4.79 Å². The number of allylic oxidation sites excluding steroid dienone is 1. The van der Waals surface area contributed by atoms with Crippen LogP contribution in [-0.2, 0) is 4.74 Å². The number of alkyl halides is 2. The monoisotopic (exact) mass is 414 g/mol. The Labute approximate surface area is 168 Å². The van der Waals surface area contributed by atoms with E-state index in [0.29, 0.717) is 23.6 Å². The van der Waals surface area contributed by atoms with Gasteiger partial charge in [0.2, 0.25) is 0 Å². The van der Waals surface area contributed by atoms with Crippen LogP contribution in [0.4, 0.5) is 0 Å². The number of carbonyl (C=O) groups excluding carboxylic acids is 1. The maximum absolute atomic E-state index is 12.5. The summed E-state index contributed by atoms with van der Waals surface area (Å²) >= 11 is 11.8. The van der Waals surface area contributed by atoms with Gasteiger partial charge in [0.05, 0.1) is 18.1 Å². The molecule has 0 radical (unpaired) electrons. The molecule has 3 nitrogen and oxygen atoms in total. The molecule has 0 aromatic heterocycles. The molecule has 1 rings (SSSR count). The van der Waals surface area contributed by atoms with Gasteiger partial charge in [0, 0.05) is 20.4 Å². The number of esters is 1. The van der Waals surface area contributed by atoms with E-state index in [9.17, 15) is 4.79 Å². The van der Waals surface area contributed by atoms with Crippen LogP contribution in [0.1, 0.15) is 16.8 Å². The molecule has 26 heavy (non-hydrogen) atoms. The predicted molar refractivity (Wildman–Crippen MR) is 114 cm³/mol. The molecular weight excluding hydrogens is 387 g/mol. The van der Waals surface area contributed by atoms with Crippen LogP contribution in [0, 0.1) is 0 Å². The Balaban J connectivity index is 2.84. The maximum Gasteiger partial charge on any atom is 0.338 e. The number of carbonyl (C=O) groups is 1. The highest BCUT2D eigenvalue weighted by Crippen LogP contribution is 2.22. The van der Waals surface area contributed by atoms with Crippen LogP contribution in [-0.4, -0.2) is 38.5 Å². The fourth-order valence-electron chi connectivity index (χ4n) is 2.48. The molecule has 0 amide bonds. The van der Waals surface area contributed by atoms with E-state index >= 15 is 0 Å². The van der Waals surface area contributed by atoms with Crippen LogP contribution in [0.2, 0.25) is 25.7 Å². The van der Waals surface area contributed by atoms with Gasteiger partial charge < -0.3 is 9.47 Å². The first-order valence-corrected chi connectivity index (χ1v) is 13.2. The summed E-state index contributed by atoms with van der Waals surface area (Å²) in [5.41, 5.74) is 1.55. The van der Waals surface area contributed by atoms with Crippen LogP contribution in [0.25, 0.3) is 0 Å². The summed E-state index contributed by atoms with van der Waals surface area (Å²) in [6.45, 7) is 11.0. The van der Waals surface area contributed by atoms with Crippen molar-refractivity contribution in [1.82, 2.24) is 0 Å². The Morgan fingerprint density at radius 2 is 1.85 bits per heavy atom. The molecule has 1 unspecified atom stereocenters. The Bertz CT molecular complexity index is 621. The van der Waals surface area contributed by atoms with Gasteiger partial charge in [-0.3, -0.25) is 0 Å². The molecule has 0 saturated carbocycles. The lowest BCUT2D eigenvalue weighted by atomic mass is 10.1. The van der Waals surface area contributed by atoms with Crippen molar-refractivity contribution in [2.45, 2.75) is 43.6 Å². The van der Waals surface area contributed by atoms with Crippen LogP contribution < -0.4 is 4.74 Å². The van der Waals surface area contributed by atoms with Crippen molar-refractivity contribution in [1.29, 1.82) is 0 Å². The molecule has 0 aliphatic carbocycles. The highest BCUT2D eigenvalue weighted by atomic mass is 35.5. The van der Waals surface area contributed by atoms with E-state index in [-0.39, 0.29) is 11.3 Å². The lowest BCUT2D eigenvalue weighted by Gasteiger charge is -2.21. The molecule has 1 aromatic carbocycles. The minimum Gasteiger partial charge on any atom is -0.497 e. The SMILES string of the molecule is C=C(C[C@@H](/C=C/C(Cl)CCl)OC(=O)c1ccc(OC)cc1)C[Si](C)(C)C. The lowest BCUT2D eigenvalue weighted by molar-refractivity contribution is 0.0395. The van der Waals surface area contributed by atoms with Gasteiger partial charge in [-0.2, -0.15) is 0 Å². The third-order valence-electron chi connectivity index (χ3n) is 3.54. The fraction of sp³-hybridized carbons (Fsp3) is 0.450. The van der Waals surface area contributed by atoms with Gasteiger partial charge >= 0.3 is 5.97 Å². The summed E-state index contributed by atoms with van der Waals surface area (Å²) in [5.74, 6) is 0.598. The third-order valence-corrected chi connectivity index (χ3v) is 5.89. The molecule has 6 heteroatoms. The topological polar surface area (TPSA) is 35.5 Å². The normalized spacial score (nSPS) is 14.1. The Hall–Kier alpha value is -1.23. The Morgan fingerprint density at radius 3 is 2.35 bits per heavy atom. The summed E-state index contributed by atoms with van der Waals surface area (Å²) in [6.07, 6.45) is 3.73. The molecule has 0 heterocycles. The van der Waals surface area contributed by atoms with E-state index in [1.54, 1.807) is 43.5 Å². The first-order valence-electron chi connectivity index (χ1n) is 8.54. The minimum atomic E-state index is -1.28. The van der Waals surface area contributed by atoms with Crippen molar-refractivity contribution in [3.63, 3.8) is 0 Å². The zero-order valence-corrected chi connectivity index (χ0v) is 18.4. The summed E-state index contributed by atoms with van der Waals surface area (Å²) in [7, 11) is 0.303. The number of rotatable bonds is 10. The summed E-state index contributed by atoms with van der Waals surface area (Å²) in [5, 5.41) is -0.302. The third kappa shape index (κ3) is 8.92. The van der Waals surface area contributed by atoms with Crippen LogP contribution in [0.15, 0.2) is 48.6 Å². The lowest BCUT2D eigenvalue weighted by Crippen LogP contribution is -2.23. The van der Waals surface area contributed by atoms with Gasteiger partial charge in [-0.05, 0) is 36.4 Å². The maximum atomic E-state index is 12.5. The molecule has 2 atom stereocenters. The van der Waals surface area contributed by atoms with E-state index in [2.05, 4.69) is 26.2 Å². The van der Waals surface area contributed by atoms with Crippen molar-refractivity contribution >= 4 is 37.2 Å². The highest BCUT2D eigenvalue weighted by Gasteiger charge is 2.19. The van der Waals surface area contributed by atoms with Gasteiger partial charge in [0.1, 0.15) is 11.9 Å². The number of methoxy groups -OCH3 is 1. The standard InChI is InChI=1S/C20H28Cl2O3Si/c1-15(14-26(3,4)5)12-19(11-8-17(22)13-21)25-20(23)16-6-9-18(24-2)10-7-16/h6-11,17,19H,1,12-14H2,2-5H3/b11-8+/t17?,19-/m1/s1. The van der Waals surface area contributed by atoms with Crippen LogP contribution >= 0.6 is 23.2 Å². The molecule has 0 N–H and O–H groups in total. The van der Waals surface area contributed by atoms with Crippen molar-refractivity contribution in [3.05, 3.63) is 54.1 Å². The van der Waals surface area contributed by atoms with Crippen molar-refractivity contribution in [2.24, 2.45) is 0 Å². The quantitative estimate of drug-likeness (QED) is 0.206. The minimum absolute atomic E-state index is 0.299. The average molecular weight is 415 g/mol. The van der Waals surface area contributed by atoms with Crippen molar-refractivity contribution in [2.75, 3.05) is 13.0 Å². The van der Waals surface area contributed by atoms with Crippen molar-refractivity contribution in [3.8, 4) is 5.75 Å². The van der Waals surface area contributed by atoms with Gasteiger partial charge in [-0.15, -0.1) is 23.2 Å². The van der Waals surface area contributed by atoms with E-state index in [1.165, 1.54) is 0 Å². The first-order chi connectivity index (χ1) is 12.1. The summed E-state index contributed by atoms with van der Waals surface area (Å²) in [4.78, 5) is 12.5. The average Bonchev–Trinajstić information content (AvgIpc) is 2.57. The Morgan fingerprint density at radius 1 is 1.23 bits per heavy atom. The number of halogens is 2. The Kier molecular flexibility index (Phi) is 9.48. The first kappa shape index (κ1) is 22.8. The predicted octanol–water partition coefficient (Wildman–Crippen LogP) is 5.91. The van der Waals surface area contributed by atoms with E-state index in [1.807, 2.05) is 0 Å². The second kappa shape index (κ2) is 10.8. The second-order valence-corrected chi connectivity index (χ2v) is 13.8. The van der Waals surface area contributed by atoms with E-state index in [4.69, 9.17) is 32.7 Å². The number of benzene rings is 1. The second-order valence-electron chi connectivity index (χ2n) is 7.42. The molecule has 0 aliphatic rings. The van der Waals surface area contributed by atoms with Crippen LogP contribution in [0.3, 0.4) is 0 Å². The zero-order chi connectivity index (χ0) is 19.7. The van der Waals surface area contributed by atoms with E-state index in [0.717, 1.165) is 11.6 Å². The molecule has 0 fully saturated rings. The highest BCUT2D eigenvalue weighted by molar-refractivity contribution is 6.76. The molecule has 0 saturated heterocycles. The number of hydrogen-bond donors (Lipinski definition) is 0. The molecule has 0 aliphatic heterocycles. The molecular formula is C20H28Cl2O3Si. The number of ether oxygens (including phenoxy) is 2. The summed E-state index contributed by atoms with van der Waals surface area (Å²) < 4.78 is 10.8. The molecule has 0 bridgehead atoms. The van der Waals surface area contributed by atoms with E-state index < -0.39 is 14.2 Å². The number of hydrogen-bond acceptors (Lipinski definition) is 3. The van der Waals surface area contributed by atoms with Crippen molar-refractivity contribution < 1.29 is 14.3 Å². The van der Waals surface area contributed by atoms with Gasteiger partial charge in [0.25, 0.3) is 0 Å². The van der Waals surface area contributed by atoms with Gasteiger partial charge in [-0.1, -0.05) is 37.9 Å². The summed E-state index contributed by atoms with van der Waals surface area (Å²) in [6, 6.07) is 7.81. The molecule has 1 aromatic rings. The molecule has 0 spiro atoms.